The lowest BCUT2D eigenvalue weighted by Gasteiger charge is -2.34. The van der Waals surface area contributed by atoms with Crippen LogP contribution in [0.5, 0.6) is 0 Å². The Morgan fingerprint density at radius 2 is 2.24 bits per heavy atom. The summed E-state index contributed by atoms with van der Waals surface area (Å²) < 4.78 is 5.64. The molecule has 4 nitrogen and oxygen atoms in total. The van der Waals surface area contributed by atoms with Gasteiger partial charge in [-0.2, -0.15) is 0 Å². The monoisotopic (exact) mass is 308 g/mol. The Balaban J connectivity index is 1.73. The second-order valence-corrected chi connectivity index (χ2v) is 7.28. The minimum atomic E-state index is -0.0412. The molecular formula is C16H24N2O2S. The fourth-order valence-corrected chi connectivity index (χ4v) is 4.33. The number of rotatable bonds is 2. The summed E-state index contributed by atoms with van der Waals surface area (Å²) in [4.78, 5) is 16.9. The first-order chi connectivity index (χ1) is 10.1. The van der Waals surface area contributed by atoms with Crippen LogP contribution in [0.4, 0.5) is 0 Å². The zero-order chi connectivity index (χ0) is 14.8. The van der Waals surface area contributed by atoms with E-state index in [9.17, 15) is 4.79 Å². The summed E-state index contributed by atoms with van der Waals surface area (Å²) in [6, 6.07) is 2.09. The normalized spacial score (nSPS) is 24.3. The average Bonchev–Trinajstić information content (AvgIpc) is 2.77. The Kier molecular flexibility index (Phi) is 4.62. The van der Waals surface area contributed by atoms with Crippen molar-refractivity contribution >= 4 is 17.2 Å². The van der Waals surface area contributed by atoms with Crippen molar-refractivity contribution < 1.29 is 9.53 Å². The van der Waals surface area contributed by atoms with Crippen LogP contribution in [0.25, 0.3) is 0 Å². The van der Waals surface area contributed by atoms with Gasteiger partial charge in [0, 0.05) is 24.0 Å². The van der Waals surface area contributed by atoms with Gasteiger partial charge in [-0.05, 0) is 44.2 Å². The molecule has 1 aliphatic carbocycles. The maximum Gasteiger partial charge on any atom is 0.264 e. The highest BCUT2D eigenvalue weighted by atomic mass is 32.1. The van der Waals surface area contributed by atoms with Crippen molar-refractivity contribution in [1.82, 2.24) is 4.90 Å². The highest BCUT2D eigenvalue weighted by Crippen LogP contribution is 2.30. The first-order valence-corrected chi connectivity index (χ1v) is 8.75. The number of nitrogens with two attached hydrogens (primary N) is 1. The van der Waals surface area contributed by atoms with E-state index < -0.39 is 0 Å². The second kappa shape index (κ2) is 6.46. The van der Waals surface area contributed by atoms with Gasteiger partial charge in [-0.15, -0.1) is 11.3 Å². The lowest BCUT2D eigenvalue weighted by Crippen LogP contribution is -2.51. The van der Waals surface area contributed by atoms with Crippen LogP contribution in [0.15, 0.2) is 6.07 Å². The molecule has 1 aliphatic heterocycles. The Hall–Kier alpha value is -0.910. The van der Waals surface area contributed by atoms with E-state index in [2.05, 4.69) is 6.07 Å². The molecule has 1 fully saturated rings. The van der Waals surface area contributed by atoms with Gasteiger partial charge in [-0.3, -0.25) is 4.79 Å². The number of nitrogens with zero attached hydrogens (tertiary/aromatic N) is 1. The molecule has 0 spiro atoms. The zero-order valence-corrected chi connectivity index (χ0v) is 13.5. The molecule has 1 amide bonds. The SMILES string of the molecule is CC(N)C1CN(C(=O)c2cc3c(s2)CCCCC3)CCO1. The molecule has 21 heavy (non-hydrogen) atoms. The van der Waals surface area contributed by atoms with Crippen LogP contribution in [0.2, 0.25) is 0 Å². The van der Waals surface area contributed by atoms with E-state index in [0.29, 0.717) is 19.7 Å². The second-order valence-electron chi connectivity index (χ2n) is 6.14. The number of morpholine rings is 1. The molecule has 1 aromatic heterocycles. The van der Waals surface area contributed by atoms with Gasteiger partial charge >= 0.3 is 0 Å². The number of aryl methyl sites for hydroxylation is 2. The van der Waals surface area contributed by atoms with Crippen LogP contribution in [0.1, 0.15) is 46.3 Å². The summed E-state index contributed by atoms with van der Waals surface area (Å²) in [6.45, 7) is 3.80. The molecule has 0 radical (unpaired) electrons. The van der Waals surface area contributed by atoms with Gasteiger partial charge in [0.05, 0.1) is 17.6 Å². The first kappa shape index (κ1) is 15.0. The summed E-state index contributed by atoms with van der Waals surface area (Å²) in [5.41, 5.74) is 7.31. The molecule has 3 rings (SSSR count). The topological polar surface area (TPSA) is 55.6 Å². The minimum absolute atomic E-state index is 0.0411. The van der Waals surface area contributed by atoms with Gasteiger partial charge in [0.25, 0.3) is 5.91 Å². The lowest BCUT2D eigenvalue weighted by atomic mass is 10.1. The van der Waals surface area contributed by atoms with E-state index in [0.717, 1.165) is 17.7 Å². The third-order valence-electron chi connectivity index (χ3n) is 4.42. The number of amides is 1. The minimum Gasteiger partial charge on any atom is -0.373 e. The van der Waals surface area contributed by atoms with Gasteiger partial charge < -0.3 is 15.4 Å². The van der Waals surface area contributed by atoms with E-state index in [1.165, 1.54) is 29.7 Å². The van der Waals surface area contributed by atoms with Crippen LogP contribution < -0.4 is 5.73 Å². The Morgan fingerprint density at radius 1 is 1.43 bits per heavy atom. The van der Waals surface area contributed by atoms with Crippen molar-refractivity contribution in [2.45, 2.75) is 51.2 Å². The molecule has 116 valence electrons. The smallest absolute Gasteiger partial charge is 0.264 e. The van der Waals surface area contributed by atoms with Crippen molar-refractivity contribution in [3.63, 3.8) is 0 Å². The van der Waals surface area contributed by atoms with Gasteiger partial charge in [-0.25, -0.2) is 0 Å². The summed E-state index contributed by atoms with van der Waals surface area (Å²) in [7, 11) is 0. The lowest BCUT2D eigenvalue weighted by molar-refractivity contribution is -0.0298. The number of carbonyl (C=O) groups is 1. The molecule has 1 aromatic rings. The van der Waals surface area contributed by atoms with Crippen LogP contribution in [0, 0.1) is 0 Å². The van der Waals surface area contributed by atoms with Gasteiger partial charge in [-0.1, -0.05) is 6.42 Å². The van der Waals surface area contributed by atoms with E-state index >= 15 is 0 Å². The van der Waals surface area contributed by atoms with E-state index in [4.69, 9.17) is 10.5 Å². The quantitative estimate of drug-likeness (QED) is 0.852. The maximum atomic E-state index is 12.7. The van der Waals surface area contributed by atoms with Crippen molar-refractivity contribution in [3.05, 3.63) is 21.4 Å². The van der Waals surface area contributed by atoms with Gasteiger partial charge in [0.2, 0.25) is 0 Å². The fourth-order valence-electron chi connectivity index (χ4n) is 3.11. The molecule has 0 saturated carbocycles. The fraction of sp³-hybridized carbons (Fsp3) is 0.688. The van der Waals surface area contributed by atoms with Crippen LogP contribution in [-0.4, -0.2) is 42.6 Å². The summed E-state index contributed by atoms with van der Waals surface area (Å²) in [5.74, 6) is 0.155. The number of fused-ring (bicyclic) bond motifs is 1. The van der Waals surface area contributed by atoms with Crippen LogP contribution >= 0.6 is 11.3 Å². The zero-order valence-electron chi connectivity index (χ0n) is 12.6. The van der Waals surface area contributed by atoms with Gasteiger partial charge in [0.15, 0.2) is 0 Å². The highest BCUT2D eigenvalue weighted by Gasteiger charge is 2.28. The molecule has 2 unspecified atom stereocenters. The summed E-state index contributed by atoms with van der Waals surface area (Å²) in [6.07, 6.45) is 6.04. The van der Waals surface area contributed by atoms with Crippen LogP contribution in [0.3, 0.4) is 0 Å². The van der Waals surface area contributed by atoms with Crippen molar-refractivity contribution in [1.29, 1.82) is 0 Å². The summed E-state index contributed by atoms with van der Waals surface area (Å²) >= 11 is 1.70. The molecule has 2 N–H and O–H groups in total. The Bertz CT molecular complexity index is 489. The van der Waals surface area contributed by atoms with Crippen molar-refractivity contribution in [2.24, 2.45) is 5.73 Å². The molecule has 2 heterocycles. The third kappa shape index (κ3) is 3.30. The predicted molar refractivity (Wildman–Crippen MR) is 84.9 cm³/mol. The van der Waals surface area contributed by atoms with Gasteiger partial charge in [0.1, 0.15) is 0 Å². The number of hydrogen-bond donors (Lipinski definition) is 1. The number of carbonyl (C=O) groups excluding carboxylic acids is 1. The van der Waals surface area contributed by atoms with E-state index in [1.54, 1.807) is 11.3 Å². The standard InChI is InChI=1S/C16H24N2O2S/c1-11(17)13-10-18(7-8-20-13)16(19)15-9-12-5-3-2-4-6-14(12)21-15/h9,11,13H,2-8,10,17H2,1H3. The average molecular weight is 308 g/mol. The molecule has 0 aromatic carbocycles. The maximum absolute atomic E-state index is 12.7. The number of ether oxygens (including phenoxy) is 1. The molecule has 0 bridgehead atoms. The highest BCUT2D eigenvalue weighted by molar-refractivity contribution is 7.14. The first-order valence-electron chi connectivity index (χ1n) is 7.93. The Morgan fingerprint density at radius 3 is 3.05 bits per heavy atom. The van der Waals surface area contributed by atoms with Crippen molar-refractivity contribution in [3.8, 4) is 0 Å². The van der Waals surface area contributed by atoms with E-state index in [-0.39, 0.29) is 18.1 Å². The molecule has 5 heteroatoms. The van der Waals surface area contributed by atoms with Crippen molar-refractivity contribution in [2.75, 3.05) is 19.7 Å². The summed E-state index contributed by atoms with van der Waals surface area (Å²) in [5, 5.41) is 0. The largest absolute Gasteiger partial charge is 0.373 e. The number of hydrogen-bond acceptors (Lipinski definition) is 4. The molecular weight excluding hydrogens is 284 g/mol. The van der Waals surface area contributed by atoms with Crippen LogP contribution in [-0.2, 0) is 17.6 Å². The van der Waals surface area contributed by atoms with E-state index in [1.807, 2.05) is 11.8 Å². The predicted octanol–water partition coefficient (Wildman–Crippen LogP) is 2.21. The Labute approximate surface area is 130 Å². The number of thiophene rings is 1. The molecule has 2 aliphatic rings. The molecule has 2 atom stereocenters. The molecule has 1 saturated heterocycles. The third-order valence-corrected chi connectivity index (χ3v) is 5.65.